The maximum absolute atomic E-state index is 12.9. The Morgan fingerprint density at radius 1 is 1.04 bits per heavy atom. The number of rotatable bonds is 5. The molecule has 0 spiro atoms. The van der Waals surface area contributed by atoms with E-state index in [0.29, 0.717) is 18.6 Å². The number of methoxy groups -OCH3 is 1. The van der Waals surface area contributed by atoms with Crippen LogP contribution in [0.25, 0.3) is 0 Å². The van der Waals surface area contributed by atoms with Crippen LogP contribution in [0.15, 0.2) is 30.3 Å². The predicted octanol–water partition coefficient (Wildman–Crippen LogP) is 4.66. The Labute approximate surface area is 149 Å². The number of hydrogen-bond donors (Lipinski definition) is 1. The van der Waals surface area contributed by atoms with Crippen LogP contribution in [0.3, 0.4) is 0 Å². The minimum atomic E-state index is 0.172. The van der Waals surface area contributed by atoms with Crippen molar-refractivity contribution in [2.24, 2.45) is 0 Å². The van der Waals surface area contributed by atoms with Crippen LogP contribution in [0.5, 0.6) is 11.5 Å². The fourth-order valence-corrected chi connectivity index (χ4v) is 3.60. The summed E-state index contributed by atoms with van der Waals surface area (Å²) in [5.41, 5.74) is 4.87. The Kier molecular flexibility index (Phi) is 5.42. The second-order valence-electron chi connectivity index (χ2n) is 6.78. The molecule has 0 amide bonds. The van der Waals surface area contributed by atoms with Crippen molar-refractivity contribution in [3.05, 3.63) is 58.1 Å². The molecule has 2 aromatic rings. The van der Waals surface area contributed by atoms with E-state index in [0.717, 1.165) is 65.7 Å². The first-order valence-corrected chi connectivity index (χ1v) is 9.16. The van der Waals surface area contributed by atoms with Crippen molar-refractivity contribution in [1.82, 2.24) is 0 Å². The molecular formula is C22H26O3. The van der Waals surface area contributed by atoms with Crippen molar-refractivity contribution in [1.29, 1.82) is 0 Å². The monoisotopic (exact) mass is 338 g/mol. The van der Waals surface area contributed by atoms with Crippen molar-refractivity contribution in [3.8, 4) is 11.5 Å². The standard InChI is InChI=1S/C22H26O3/c1-3-4-5-19(23)21-17-11-10-16-8-6-15(14-20(16)24)7-9-18(13-12-17)22(21)25-2/h6,8,12-14,24H,3-5,7,9-11H2,1-2H3. The molecule has 6 rings (SSSR count). The van der Waals surface area contributed by atoms with E-state index < -0.39 is 0 Å². The number of carbonyl (C=O) groups is 1. The molecule has 3 heteroatoms. The minimum Gasteiger partial charge on any atom is -0.508 e. The van der Waals surface area contributed by atoms with Gasteiger partial charge in [0.25, 0.3) is 0 Å². The van der Waals surface area contributed by atoms with Gasteiger partial charge in [0.1, 0.15) is 11.5 Å². The Morgan fingerprint density at radius 2 is 1.72 bits per heavy atom. The summed E-state index contributed by atoms with van der Waals surface area (Å²) < 4.78 is 5.69. The number of aromatic hydroxyl groups is 1. The molecule has 0 fully saturated rings. The molecule has 3 nitrogen and oxygen atoms in total. The molecule has 0 heterocycles. The van der Waals surface area contributed by atoms with Gasteiger partial charge in [0.15, 0.2) is 5.78 Å². The molecule has 0 unspecified atom stereocenters. The molecular weight excluding hydrogens is 312 g/mol. The lowest BCUT2D eigenvalue weighted by Crippen LogP contribution is -2.11. The average Bonchev–Trinajstić information content (AvgIpc) is 2.61. The summed E-state index contributed by atoms with van der Waals surface area (Å²) in [5, 5.41) is 10.3. The quantitative estimate of drug-likeness (QED) is 0.807. The molecule has 1 N–H and O–H groups in total. The fraction of sp³-hybridized carbons (Fsp3) is 0.409. The molecule has 132 valence electrons. The Hall–Kier alpha value is -2.29. The number of ketones is 1. The van der Waals surface area contributed by atoms with Gasteiger partial charge in [-0.15, -0.1) is 0 Å². The lowest BCUT2D eigenvalue weighted by molar-refractivity contribution is 0.0975. The topological polar surface area (TPSA) is 46.5 Å². The minimum absolute atomic E-state index is 0.172. The van der Waals surface area contributed by atoms with E-state index in [2.05, 4.69) is 25.1 Å². The smallest absolute Gasteiger partial charge is 0.166 e. The third-order valence-corrected chi connectivity index (χ3v) is 5.06. The van der Waals surface area contributed by atoms with Crippen LogP contribution < -0.4 is 4.74 Å². The van der Waals surface area contributed by atoms with E-state index in [1.54, 1.807) is 7.11 Å². The summed E-state index contributed by atoms with van der Waals surface area (Å²) in [4.78, 5) is 12.9. The van der Waals surface area contributed by atoms with Gasteiger partial charge >= 0.3 is 0 Å². The van der Waals surface area contributed by atoms with Gasteiger partial charge in [-0.2, -0.15) is 0 Å². The zero-order chi connectivity index (χ0) is 17.8. The van der Waals surface area contributed by atoms with E-state index in [9.17, 15) is 9.90 Å². The molecule has 0 aliphatic heterocycles. The van der Waals surface area contributed by atoms with Crippen molar-refractivity contribution in [3.63, 3.8) is 0 Å². The number of benzene rings is 2. The lowest BCUT2D eigenvalue weighted by atomic mass is 9.89. The SMILES string of the molecule is CCCCC(=O)c1c2ccc(c1OC)CCc1ccc(c(O)c1)CC2. The molecule has 0 radical (unpaired) electrons. The number of phenols is 1. The summed E-state index contributed by atoms with van der Waals surface area (Å²) in [7, 11) is 1.66. The second-order valence-corrected chi connectivity index (χ2v) is 6.78. The predicted molar refractivity (Wildman–Crippen MR) is 99.8 cm³/mol. The van der Waals surface area contributed by atoms with Gasteiger partial charge in [0.05, 0.1) is 12.7 Å². The van der Waals surface area contributed by atoms with Gasteiger partial charge in [-0.1, -0.05) is 37.6 Å². The first-order valence-electron chi connectivity index (χ1n) is 9.16. The van der Waals surface area contributed by atoms with E-state index in [1.165, 1.54) is 0 Å². The fourth-order valence-electron chi connectivity index (χ4n) is 3.60. The number of carbonyl (C=O) groups excluding carboxylic acids is 1. The molecule has 0 aromatic heterocycles. The second kappa shape index (κ2) is 7.73. The van der Waals surface area contributed by atoms with Crippen LogP contribution >= 0.6 is 0 Å². The number of phenolic OH excluding ortho intramolecular Hbond substituents is 1. The van der Waals surface area contributed by atoms with Crippen LogP contribution in [-0.4, -0.2) is 18.0 Å². The number of ether oxygens (including phenoxy) is 1. The number of aryl methyl sites for hydroxylation is 4. The van der Waals surface area contributed by atoms with Crippen LogP contribution in [-0.2, 0) is 25.7 Å². The van der Waals surface area contributed by atoms with Crippen molar-refractivity contribution < 1.29 is 14.6 Å². The van der Waals surface area contributed by atoms with Crippen LogP contribution in [0.4, 0.5) is 0 Å². The van der Waals surface area contributed by atoms with Gasteiger partial charge in [0, 0.05) is 6.42 Å². The van der Waals surface area contributed by atoms with E-state index >= 15 is 0 Å². The van der Waals surface area contributed by atoms with Gasteiger partial charge in [0.2, 0.25) is 0 Å². The molecule has 0 saturated heterocycles. The highest BCUT2D eigenvalue weighted by atomic mass is 16.5. The summed E-state index contributed by atoms with van der Waals surface area (Å²) >= 11 is 0. The maximum atomic E-state index is 12.9. The van der Waals surface area contributed by atoms with E-state index in [-0.39, 0.29) is 5.78 Å². The molecule has 25 heavy (non-hydrogen) atoms. The highest BCUT2D eigenvalue weighted by Crippen LogP contribution is 2.33. The number of Topliss-reactive ketones (excluding diaryl/α,β-unsaturated/α-hetero) is 1. The molecule has 0 atom stereocenters. The van der Waals surface area contributed by atoms with Crippen LogP contribution in [0, 0.1) is 0 Å². The molecule has 0 saturated carbocycles. The van der Waals surface area contributed by atoms with Gasteiger partial charge in [-0.05, 0) is 60.4 Å². The Balaban J connectivity index is 2.06. The molecule has 4 aliphatic rings. The van der Waals surface area contributed by atoms with Crippen LogP contribution in [0.1, 0.15) is 58.8 Å². The third-order valence-electron chi connectivity index (χ3n) is 5.06. The summed E-state index contributed by atoms with van der Waals surface area (Å²) in [5.74, 6) is 1.28. The maximum Gasteiger partial charge on any atom is 0.166 e. The van der Waals surface area contributed by atoms with E-state index in [4.69, 9.17) is 4.74 Å². The Morgan fingerprint density at radius 3 is 2.44 bits per heavy atom. The zero-order valence-corrected chi connectivity index (χ0v) is 15.1. The third kappa shape index (κ3) is 3.71. The zero-order valence-electron chi connectivity index (χ0n) is 15.1. The summed E-state index contributed by atoms with van der Waals surface area (Å²) in [6.07, 6.45) is 5.49. The van der Waals surface area contributed by atoms with Crippen LogP contribution in [0.2, 0.25) is 0 Å². The Bertz CT molecular complexity index is 777. The largest absolute Gasteiger partial charge is 0.508 e. The molecule has 4 aliphatic carbocycles. The first-order chi connectivity index (χ1) is 12.1. The number of hydrogen-bond acceptors (Lipinski definition) is 3. The number of unbranched alkanes of at least 4 members (excludes halogenated alkanes) is 1. The van der Waals surface area contributed by atoms with Crippen molar-refractivity contribution in [2.45, 2.75) is 51.9 Å². The molecule has 4 bridgehead atoms. The van der Waals surface area contributed by atoms with Gasteiger partial charge in [-0.3, -0.25) is 4.79 Å². The van der Waals surface area contributed by atoms with Gasteiger partial charge in [-0.25, -0.2) is 0 Å². The average molecular weight is 338 g/mol. The first kappa shape index (κ1) is 17.5. The highest BCUT2D eigenvalue weighted by Gasteiger charge is 2.21. The highest BCUT2D eigenvalue weighted by molar-refractivity contribution is 6.00. The van der Waals surface area contributed by atoms with Crippen molar-refractivity contribution in [2.75, 3.05) is 7.11 Å². The lowest BCUT2D eigenvalue weighted by Gasteiger charge is -2.19. The van der Waals surface area contributed by atoms with Crippen molar-refractivity contribution >= 4 is 5.78 Å². The van der Waals surface area contributed by atoms with E-state index in [1.807, 2.05) is 12.1 Å². The summed E-state index contributed by atoms with van der Waals surface area (Å²) in [6, 6.07) is 10.1. The van der Waals surface area contributed by atoms with Gasteiger partial charge < -0.3 is 9.84 Å². The normalized spacial score (nSPS) is 13.4. The summed E-state index contributed by atoms with van der Waals surface area (Å²) in [6.45, 7) is 2.10. The molecule has 2 aromatic carbocycles.